The fourth-order valence-corrected chi connectivity index (χ4v) is 1.78. The van der Waals surface area contributed by atoms with Crippen LogP contribution in [0.2, 0.25) is 0 Å². The Morgan fingerprint density at radius 1 is 1.13 bits per heavy atom. The molecule has 0 aliphatic heterocycles. The van der Waals surface area contributed by atoms with E-state index in [9.17, 15) is 5.21 Å². The molecule has 1 aromatic carbocycles. The standard InChI is InChI=1S/C13H15NO/c15-14(13-9-5-2-6-10-13)11-12-7-3-1-4-8-12/h1,3-4,7-9,11H,2,5-6,10H2/b14-11+. The first kappa shape index (κ1) is 9.97. The van der Waals surface area contributed by atoms with Crippen molar-refractivity contribution in [1.29, 1.82) is 0 Å². The molecule has 1 aliphatic rings. The smallest absolute Gasteiger partial charge is 0.188 e. The number of hydroxylamine groups is 1. The molecule has 0 bridgehead atoms. The van der Waals surface area contributed by atoms with Gasteiger partial charge in [0.1, 0.15) is 0 Å². The minimum absolute atomic E-state index is 0.908. The molecule has 0 amide bonds. The van der Waals surface area contributed by atoms with Gasteiger partial charge in [0, 0.05) is 12.0 Å². The lowest BCUT2D eigenvalue weighted by Gasteiger charge is -2.11. The molecule has 2 heteroatoms. The lowest BCUT2D eigenvalue weighted by molar-refractivity contribution is -0.400. The van der Waals surface area contributed by atoms with E-state index in [1.165, 1.54) is 6.42 Å². The molecule has 2 nitrogen and oxygen atoms in total. The third kappa shape index (κ3) is 2.69. The van der Waals surface area contributed by atoms with E-state index in [1.54, 1.807) is 6.21 Å². The Bertz CT molecular complexity index is 379. The maximum Gasteiger partial charge on any atom is 0.188 e. The first-order valence-electron chi connectivity index (χ1n) is 5.41. The van der Waals surface area contributed by atoms with E-state index < -0.39 is 0 Å². The molecule has 0 fully saturated rings. The fraction of sp³-hybridized carbons (Fsp3) is 0.308. The van der Waals surface area contributed by atoms with E-state index >= 15 is 0 Å². The third-order valence-electron chi connectivity index (χ3n) is 2.62. The van der Waals surface area contributed by atoms with Crippen molar-refractivity contribution in [3.8, 4) is 0 Å². The van der Waals surface area contributed by atoms with E-state index in [-0.39, 0.29) is 0 Å². The van der Waals surface area contributed by atoms with Gasteiger partial charge in [-0.15, -0.1) is 0 Å². The zero-order valence-corrected chi connectivity index (χ0v) is 8.73. The van der Waals surface area contributed by atoms with Crippen molar-refractivity contribution >= 4 is 6.21 Å². The molecule has 1 aliphatic carbocycles. The first-order chi connectivity index (χ1) is 7.36. The molecular formula is C13H15NO. The molecule has 1 aromatic rings. The van der Waals surface area contributed by atoms with Gasteiger partial charge in [-0.05, 0) is 37.5 Å². The highest BCUT2D eigenvalue weighted by Gasteiger charge is 2.10. The summed E-state index contributed by atoms with van der Waals surface area (Å²) >= 11 is 0. The summed E-state index contributed by atoms with van der Waals surface area (Å²) in [6, 6.07) is 9.71. The van der Waals surface area contributed by atoms with Gasteiger partial charge in [-0.1, -0.05) is 18.2 Å². The lowest BCUT2D eigenvalue weighted by atomic mass is 10.1. The highest BCUT2D eigenvalue weighted by atomic mass is 16.5. The molecule has 0 saturated carbocycles. The maximum atomic E-state index is 11.8. The summed E-state index contributed by atoms with van der Waals surface area (Å²) in [7, 11) is 0. The van der Waals surface area contributed by atoms with Gasteiger partial charge < -0.3 is 5.21 Å². The highest BCUT2D eigenvalue weighted by molar-refractivity contribution is 5.75. The number of nitrogens with zero attached hydrogens (tertiary/aromatic N) is 1. The minimum Gasteiger partial charge on any atom is -0.618 e. The summed E-state index contributed by atoms with van der Waals surface area (Å²) in [6.07, 6.45) is 7.99. The van der Waals surface area contributed by atoms with Crippen molar-refractivity contribution in [2.45, 2.75) is 25.7 Å². The van der Waals surface area contributed by atoms with Crippen LogP contribution in [0.25, 0.3) is 0 Å². The van der Waals surface area contributed by atoms with Crippen LogP contribution in [0, 0.1) is 5.21 Å². The van der Waals surface area contributed by atoms with Crippen LogP contribution in [0.15, 0.2) is 42.1 Å². The Morgan fingerprint density at radius 2 is 1.93 bits per heavy atom. The quantitative estimate of drug-likeness (QED) is 0.312. The fourth-order valence-electron chi connectivity index (χ4n) is 1.78. The average Bonchev–Trinajstić information content (AvgIpc) is 2.31. The largest absolute Gasteiger partial charge is 0.618 e. The van der Waals surface area contributed by atoms with Crippen molar-refractivity contribution in [2.24, 2.45) is 0 Å². The Labute approximate surface area is 90.1 Å². The van der Waals surface area contributed by atoms with Crippen LogP contribution in [-0.2, 0) is 0 Å². The van der Waals surface area contributed by atoms with E-state index in [4.69, 9.17) is 0 Å². The van der Waals surface area contributed by atoms with Crippen molar-refractivity contribution in [3.05, 3.63) is 52.9 Å². The van der Waals surface area contributed by atoms with Crippen molar-refractivity contribution in [1.82, 2.24) is 0 Å². The summed E-state index contributed by atoms with van der Waals surface area (Å²) < 4.78 is 1.01. The van der Waals surface area contributed by atoms with Gasteiger partial charge in [-0.2, -0.15) is 4.74 Å². The second-order valence-corrected chi connectivity index (χ2v) is 3.81. The van der Waals surface area contributed by atoms with E-state index in [0.717, 1.165) is 35.3 Å². The van der Waals surface area contributed by atoms with Gasteiger partial charge in [-0.3, -0.25) is 0 Å². The molecule has 0 radical (unpaired) electrons. The van der Waals surface area contributed by atoms with Gasteiger partial charge in [0.25, 0.3) is 0 Å². The van der Waals surface area contributed by atoms with Crippen LogP contribution in [0.1, 0.15) is 31.2 Å². The maximum absolute atomic E-state index is 11.8. The normalized spacial score (nSPS) is 17.3. The van der Waals surface area contributed by atoms with Gasteiger partial charge in [0.2, 0.25) is 0 Å². The molecule has 0 spiro atoms. The number of benzene rings is 1. The third-order valence-corrected chi connectivity index (χ3v) is 2.62. The van der Waals surface area contributed by atoms with Gasteiger partial charge in [0.05, 0.1) is 0 Å². The van der Waals surface area contributed by atoms with Crippen LogP contribution >= 0.6 is 0 Å². The predicted molar refractivity (Wildman–Crippen MR) is 61.8 cm³/mol. The average molecular weight is 201 g/mol. The summed E-state index contributed by atoms with van der Waals surface area (Å²) in [5.41, 5.74) is 1.86. The zero-order valence-electron chi connectivity index (χ0n) is 8.73. The molecule has 0 unspecified atom stereocenters. The Hall–Kier alpha value is -1.57. The van der Waals surface area contributed by atoms with Crippen LogP contribution in [0.3, 0.4) is 0 Å². The summed E-state index contributed by atoms with van der Waals surface area (Å²) in [4.78, 5) is 0. The van der Waals surface area contributed by atoms with Crippen molar-refractivity contribution in [3.63, 3.8) is 0 Å². The Kier molecular flexibility index (Phi) is 3.18. The van der Waals surface area contributed by atoms with Crippen molar-refractivity contribution < 1.29 is 4.74 Å². The van der Waals surface area contributed by atoms with E-state index in [2.05, 4.69) is 6.08 Å². The molecule has 2 rings (SSSR count). The molecule has 15 heavy (non-hydrogen) atoms. The number of allylic oxidation sites excluding steroid dienone is 2. The minimum atomic E-state index is 0.908. The topological polar surface area (TPSA) is 26.1 Å². The second kappa shape index (κ2) is 4.78. The van der Waals surface area contributed by atoms with E-state index in [0.29, 0.717) is 0 Å². The lowest BCUT2D eigenvalue weighted by Crippen LogP contribution is -2.08. The zero-order chi connectivity index (χ0) is 10.5. The van der Waals surface area contributed by atoms with Gasteiger partial charge in [-0.25, -0.2) is 0 Å². The number of rotatable bonds is 2. The SMILES string of the molecule is [O-]/[N+](=C/c1ccccc1)C1=CCCCC1. The van der Waals surface area contributed by atoms with Gasteiger partial charge in [0.15, 0.2) is 11.9 Å². The van der Waals surface area contributed by atoms with Gasteiger partial charge >= 0.3 is 0 Å². The molecule has 0 heterocycles. The molecule has 0 atom stereocenters. The number of hydrogen-bond donors (Lipinski definition) is 0. The Balaban J connectivity index is 2.16. The van der Waals surface area contributed by atoms with Crippen LogP contribution in [0.5, 0.6) is 0 Å². The molecule has 78 valence electrons. The molecule has 0 N–H and O–H groups in total. The van der Waals surface area contributed by atoms with Crippen molar-refractivity contribution in [2.75, 3.05) is 0 Å². The highest BCUT2D eigenvalue weighted by Crippen LogP contribution is 2.17. The monoisotopic (exact) mass is 201 g/mol. The molecular weight excluding hydrogens is 186 g/mol. The second-order valence-electron chi connectivity index (χ2n) is 3.81. The Morgan fingerprint density at radius 3 is 2.60 bits per heavy atom. The summed E-state index contributed by atoms with van der Waals surface area (Å²) in [6.45, 7) is 0. The van der Waals surface area contributed by atoms with Crippen LogP contribution in [0.4, 0.5) is 0 Å². The van der Waals surface area contributed by atoms with E-state index in [1.807, 2.05) is 30.3 Å². The van der Waals surface area contributed by atoms with Crippen LogP contribution in [-0.4, -0.2) is 11.0 Å². The predicted octanol–water partition coefficient (Wildman–Crippen LogP) is 3.07. The van der Waals surface area contributed by atoms with Crippen LogP contribution < -0.4 is 0 Å². The summed E-state index contributed by atoms with van der Waals surface area (Å²) in [5.74, 6) is 0. The molecule has 0 aromatic heterocycles. The molecule has 0 saturated heterocycles. The summed E-state index contributed by atoms with van der Waals surface area (Å²) in [5, 5.41) is 11.8. The first-order valence-corrected chi connectivity index (χ1v) is 5.41. The number of hydrogen-bond acceptors (Lipinski definition) is 1.